The van der Waals surface area contributed by atoms with E-state index in [4.69, 9.17) is 16.3 Å². The van der Waals surface area contributed by atoms with E-state index in [0.717, 1.165) is 11.0 Å². The number of ether oxygens (including phenoxy) is 1. The van der Waals surface area contributed by atoms with Crippen molar-refractivity contribution in [3.05, 3.63) is 61.9 Å². The maximum absolute atomic E-state index is 12.7. The van der Waals surface area contributed by atoms with Crippen LogP contribution in [0.2, 0.25) is 5.02 Å². The van der Waals surface area contributed by atoms with E-state index in [1.165, 1.54) is 24.5 Å². The summed E-state index contributed by atoms with van der Waals surface area (Å²) in [5, 5.41) is 10.1. The van der Waals surface area contributed by atoms with E-state index in [1.807, 2.05) is 24.3 Å². The Labute approximate surface area is 145 Å². The molecule has 0 aliphatic rings. The highest BCUT2D eigenvalue weighted by Crippen LogP contribution is 2.32. The number of thiazole rings is 1. The van der Waals surface area contributed by atoms with E-state index in [1.54, 1.807) is 16.5 Å². The largest absolute Gasteiger partial charge is 0.504 e. The molecule has 0 unspecified atom stereocenters. The van der Waals surface area contributed by atoms with Gasteiger partial charge in [0, 0.05) is 6.07 Å². The lowest BCUT2D eigenvalue weighted by atomic mass is 10.2. The number of imidazole rings is 1. The zero-order valence-electron chi connectivity index (χ0n) is 12.5. The maximum Gasteiger partial charge on any atom is 0.274 e. The van der Waals surface area contributed by atoms with Gasteiger partial charge in [0.1, 0.15) is 0 Å². The van der Waals surface area contributed by atoms with Crippen LogP contribution >= 0.6 is 22.9 Å². The molecule has 2 aromatic heterocycles. The fourth-order valence-electron chi connectivity index (χ4n) is 2.59. The van der Waals surface area contributed by atoms with Crippen molar-refractivity contribution < 1.29 is 9.84 Å². The van der Waals surface area contributed by atoms with Crippen molar-refractivity contribution in [2.45, 2.75) is 0 Å². The quantitative estimate of drug-likeness (QED) is 0.598. The summed E-state index contributed by atoms with van der Waals surface area (Å²) in [5.41, 5.74) is 2.02. The number of nitrogens with zero attached hydrogens (tertiary/aromatic N) is 2. The van der Waals surface area contributed by atoms with Crippen molar-refractivity contribution in [2.75, 3.05) is 7.11 Å². The average molecular weight is 359 g/mol. The summed E-state index contributed by atoms with van der Waals surface area (Å²) in [7, 11) is 1.46. The number of phenolic OH excluding ortho intramolecular Hbond substituents is 1. The summed E-state index contributed by atoms with van der Waals surface area (Å²) in [5.74, 6) is 0.249. The minimum Gasteiger partial charge on any atom is -0.504 e. The molecule has 7 heteroatoms. The lowest BCUT2D eigenvalue weighted by Crippen LogP contribution is -2.22. The number of para-hydroxylation sites is 2. The maximum atomic E-state index is 12.7. The Bertz CT molecular complexity index is 1200. The Balaban J connectivity index is 1.99. The van der Waals surface area contributed by atoms with E-state index in [0.29, 0.717) is 25.8 Å². The van der Waals surface area contributed by atoms with Crippen LogP contribution in [0.1, 0.15) is 5.56 Å². The molecule has 4 aromatic rings. The molecule has 0 aliphatic heterocycles. The molecule has 0 saturated heterocycles. The highest BCUT2D eigenvalue weighted by atomic mass is 35.5. The molecule has 0 atom stereocenters. The van der Waals surface area contributed by atoms with E-state index in [-0.39, 0.29) is 11.3 Å². The fraction of sp³-hybridized carbons (Fsp3) is 0.0588. The molecule has 5 nitrogen and oxygen atoms in total. The molecule has 2 heterocycles. The van der Waals surface area contributed by atoms with Crippen molar-refractivity contribution in [1.82, 2.24) is 9.38 Å². The van der Waals surface area contributed by atoms with Crippen LogP contribution in [-0.2, 0) is 0 Å². The Morgan fingerprint density at radius 1 is 1.33 bits per heavy atom. The first-order valence-electron chi connectivity index (χ1n) is 7.06. The Morgan fingerprint density at radius 3 is 2.92 bits per heavy atom. The number of rotatable bonds is 2. The number of hydrogen-bond acceptors (Lipinski definition) is 5. The third kappa shape index (κ3) is 2.23. The summed E-state index contributed by atoms with van der Waals surface area (Å²) in [6.45, 7) is 0. The van der Waals surface area contributed by atoms with E-state index in [2.05, 4.69) is 4.98 Å². The van der Waals surface area contributed by atoms with Gasteiger partial charge in [-0.1, -0.05) is 35.1 Å². The number of halogens is 1. The SMILES string of the molecule is COc1cc(/C=c2\sc3nc4ccccc4n3c2=O)c(Cl)cc1O. The van der Waals surface area contributed by atoms with Crippen LogP contribution in [0, 0.1) is 0 Å². The molecule has 0 aliphatic carbocycles. The van der Waals surface area contributed by atoms with Crippen LogP contribution in [0.15, 0.2) is 41.2 Å². The van der Waals surface area contributed by atoms with Crippen LogP contribution in [-0.4, -0.2) is 21.6 Å². The number of methoxy groups -OCH3 is 1. The second kappa shape index (κ2) is 5.51. The van der Waals surface area contributed by atoms with Crippen LogP contribution in [0.5, 0.6) is 11.5 Å². The highest BCUT2D eigenvalue weighted by molar-refractivity contribution is 7.15. The number of aromatic hydroxyl groups is 1. The Morgan fingerprint density at radius 2 is 2.12 bits per heavy atom. The third-order valence-corrected chi connectivity index (χ3v) is 5.03. The summed E-state index contributed by atoms with van der Waals surface area (Å²) in [6.07, 6.45) is 1.68. The first kappa shape index (κ1) is 15.0. The number of phenols is 1. The Hall–Kier alpha value is -2.57. The van der Waals surface area contributed by atoms with Gasteiger partial charge in [-0.3, -0.25) is 4.79 Å². The highest BCUT2D eigenvalue weighted by Gasteiger charge is 2.12. The topological polar surface area (TPSA) is 63.8 Å². The summed E-state index contributed by atoms with van der Waals surface area (Å²) < 4.78 is 7.20. The van der Waals surface area contributed by atoms with Gasteiger partial charge in [-0.25, -0.2) is 9.38 Å². The Kier molecular flexibility index (Phi) is 3.44. The molecule has 0 saturated carbocycles. The molecule has 1 N–H and O–H groups in total. The average Bonchev–Trinajstić information content (AvgIpc) is 3.07. The van der Waals surface area contributed by atoms with E-state index in [9.17, 15) is 9.90 Å². The van der Waals surface area contributed by atoms with E-state index >= 15 is 0 Å². The zero-order valence-corrected chi connectivity index (χ0v) is 14.1. The van der Waals surface area contributed by atoms with Crippen molar-refractivity contribution in [1.29, 1.82) is 0 Å². The van der Waals surface area contributed by atoms with Crippen molar-refractivity contribution in [3.8, 4) is 11.5 Å². The van der Waals surface area contributed by atoms with Gasteiger partial charge in [-0.05, 0) is 29.8 Å². The molecular weight excluding hydrogens is 348 g/mol. The molecule has 24 heavy (non-hydrogen) atoms. The van der Waals surface area contributed by atoms with Crippen molar-refractivity contribution >= 4 is 45.0 Å². The second-order valence-electron chi connectivity index (χ2n) is 5.18. The van der Waals surface area contributed by atoms with Crippen molar-refractivity contribution in [3.63, 3.8) is 0 Å². The van der Waals surface area contributed by atoms with Gasteiger partial charge < -0.3 is 9.84 Å². The molecule has 2 aromatic carbocycles. The molecule has 0 fully saturated rings. The molecular formula is C17H11ClN2O3S. The lowest BCUT2D eigenvalue weighted by Gasteiger charge is -2.05. The smallest absolute Gasteiger partial charge is 0.274 e. The molecule has 120 valence electrons. The molecule has 4 rings (SSSR count). The fourth-order valence-corrected chi connectivity index (χ4v) is 3.78. The van der Waals surface area contributed by atoms with Gasteiger partial charge in [-0.2, -0.15) is 0 Å². The van der Waals surface area contributed by atoms with Crippen LogP contribution < -0.4 is 14.8 Å². The second-order valence-corrected chi connectivity index (χ2v) is 6.60. The summed E-state index contributed by atoms with van der Waals surface area (Å²) >= 11 is 7.45. The van der Waals surface area contributed by atoms with Crippen LogP contribution in [0.4, 0.5) is 0 Å². The summed E-state index contributed by atoms with van der Waals surface area (Å²) in [6, 6.07) is 10.5. The van der Waals surface area contributed by atoms with Gasteiger partial charge in [0.25, 0.3) is 5.56 Å². The third-order valence-electron chi connectivity index (χ3n) is 3.73. The predicted octanol–water partition coefficient (Wildman–Crippen LogP) is 2.82. The number of hydrogen-bond donors (Lipinski definition) is 1. The van der Waals surface area contributed by atoms with Crippen molar-refractivity contribution in [2.24, 2.45) is 0 Å². The van der Waals surface area contributed by atoms with Crippen LogP contribution in [0.3, 0.4) is 0 Å². The summed E-state index contributed by atoms with van der Waals surface area (Å²) in [4.78, 5) is 17.8. The number of benzene rings is 2. The molecule has 0 bridgehead atoms. The van der Waals surface area contributed by atoms with Gasteiger partial charge >= 0.3 is 0 Å². The number of aromatic nitrogens is 2. The van der Waals surface area contributed by atoms with E-state index < -0.39 is 0 Å². The minimum atomic E-state index is -0.146. The standard InChI is InChI=1S/C17H11ClN2O3S/c1-23-14-6-9(10(18)8-13(14)21)7-15-16(22)20-12-5-3-2-4-11(12)19-17(20)24-15/h2-8,21H,1H3/b15-7-. The normalized spacial score (nSPS) is 12.3. The van der Waals surface area contributed by atoms with Gasteiger partial charge in [0.05, 0.1) is 27.7 Å². The molecule has 0 spiro atoms. The molecule has 0 radical (unpaired) electrons. The lowest BCUT2D eigenvalue weighted by molar-refractivity contribution is 0.373. The first-order valence-corrected chi connectivity index (χ1v) is 8.26. The zero-order chi connectivity index (χ0) is 16.8. The van der Waals surface area contributed by atoms with Gasteiger partial charge in [-0.15, -0.1) is 0 Å². The monoisotopic (exact) mass is 358 g/mol. The first-order chi connectivity index (χ1) is 11.6. The van der Waals surface area contributed by atoms with Gasteiger partial charge in [0.2, 0.25) is 0 Å². The predicted molar refractivity (Wildman–Crippen MR) is 95.3 cm³/mol. The van der Waals surface area contributed by atoms with Gasteiger partial charge in [0.15, 0.2) is 16.5 Å². The number of fused-ring (bicyclic) bond motifs is 3. The van der Waals surface area contributed by atoms with Crippen LogP contribution in [0.25, 0.3) is 22.1 Å². The molecule has 0 amide bonds. The minimum absolute atomic E-state index is 0.0472.